The number of carbonyl (C=O) groups excluding carboxylic acids is 3. The molecule has 0 saturated carbocycles. The quantitative estimate of drug-likeness (QED) is 0.566. The third-order valence-corrected chi connectivity index (χ3v) is 5.71. The van der Waals surface area contributed by atoms with Gasteiger partial charge in [0.2, 0.25) is 5.91 Å². The summed E-state index contributed by atoms with van der Waals surface area (Å²) in [6, 6.07) is 8.54. The van der Waals surface area contributed by atoms with E-state index >= 15 is 0 Å². The van der Waals surface area contributed by atoms with E-state index in [-0.39, 0.29) is 12.5 Å². The molecule has 0 unspecified atom stereocenters. The summed E-state index contributed by atoms with van der Waals surface area (Å²) in [5, 5.41) is 0. The smallest absolute Gasteiger partial charge is 0.262 e. The van der Waals surface area contributed by atoms with Crippen LogP contribution in [0, 0.1) is 6.92 Å². The number of hydrogen-bond donors (Lipinski definition) is 0. The molecular weight excluding hydrogens is 410 g/mol. The van der Waals surface area contributed by atoms with Crippen LogP contribution in [0.25, 0.3) is 5.82 Å². The number of piperazine rings is 1. The molecule has 162 valence electrons. The molecule has 0 bridgehead atoms. The molecule has 0 radical (unpaired) electrons. The Kier molecular flexibility index (Phi) is 4.89. The highest BCUT2D eigenvalue weighted by Gasteiger charge is 2.37. The molecule has 1 aromatic carbocycles. The van der Waals surface area contributed by atoms with Crippen LogP contribution in [0.3, 0.4) is 0 Å². The maximum Gasteiger partial charge on any atom is 0.262 e. The van der Waals surface area contributed by atoms with Gasteiger partial charge in [0.05, 0.1) is 11.1 Å². The minimum absolute atomic E-state index is 0.239. The molecule has 3 amide bonds. The van der Waals surface area contributed by atoms with Crippen LogP contribution in [0.15, 0.2) is 49.1 Å². The van der Waals surface area contributed by atoms with Gasteiger partial charge in [-0.1, -0.05) is 12.1 Å². The van der Waals surface area contributed by atoms with Crippen molar-refractivity contribution >= 4 is 23.5 Å². The zero-order valence-electron chi connectivity index (χ0n) is 17.5. The molecule has 2 aromatic heterocycles. The molecule has 0 aliphatic carbocycles. The van der Waals surface area contributed by atoms with Gasteiger partial charge in [0, 0.05) is 44.6 Å². The van der Waals surface area contributed by atoms with Crippen LogP contribution in [0.2, 0.25) is 0 Å². The van der Waals surface area contributed by atoms with Gasteiger partial charge in [-0.2, -0.15) is 0 Å². The van der Waals surface area contributed by atoms with Crippen molar-refractivity contribution in [3.63, 3.8) is 0 Å². The number of amides is 3. The van der Waals surface area contributed by atoms with Crippen molar-refractivity contribution in [1.29, 1.82) is 0 Å². The molecule has 4 heterocycles. The summed E-state index contributed by atoms with van der Waals surface area (Å²) in [6.07, 6.45) is 5.19. The Balaban J connectivity index is 1.23. The van der Waals surface area contributed by atoms with Gasteiger partial charge in [-0.25, -0.2) is 15.0 Å². The summed E-state index contributed by atoms with van der Waals surface area (Å²) < 4.78 is 1.82. The highest BCUT2D eigenvalue weighted by molar-refractivity contribution is 6.22. The normalized spacial score (nSPS) is 16.0. The van der Waals surface area contributed by atoms with E-state index in [0.717, 1.165) is 16.5 Å². The number of imidazole rings is 1. The van der Waals surface area contributed by atoms with Gasteiger partial charge in [-0.3, -0.25) is 23.9 Å². The molecule has 0 N–H and O–H groups in total. The molecule has 10 nitrogen and oxygen atoms in total. The average molecular weight is 431 g/mol. The number of aryl methyl sites for hydroxylation is 1. The first-order valence-corrected chi connectivity index (χ1v) is 10.3. The first kappa shape index (κ1) is 19.9. The standard InChI is InChI=1S/C22H21N7O3/c1-15-24-18(12-19(25-15)28-7-6-23-14-28)26-8-10-27(11-9-26)20(30)13-29-21(31)16-4-2-3-5-17(16)22(29)32/h2-7,12,14H,8-11,13H2,1H3. The largest absolute Gasteiger partial charge is 0.353 e. The third kappa shape index (κ3) is 3.49. The SMILES string of the molecule is Cc1nc(N2CCN(C(=O)CN3C(=O)c4ccccc4C3=O)CC2)cc(-n2ccnc2)n1. The predicted octanol–water partition coefficient (Wildman–Crippen LogP) is 0.916. The van der Waals surface area contributed by atoms with Gasteiger partial charge < -0.3 is 9.80 Å². The van der Waals surface area contributed by atoms with Gasteiger partial charge >= 0.3 is 0 Å². The monoisotopic (exact) mass is 431 g/mol. The number of imide groups is 1. The van der Waals surface area contributed by atoms with Crippen molar-refractivity contribution < 1.29 is 14.4 Å². The molecule has 10 heteroatoms. The van der Waals surface area contributed by atoms with E-state index in [9.17, 15) is 14.4 Å². The summed E-state index contributed by atoms with van der Waals surface area (Å²) >= 11 is 0. The van der Waals surface area contributed by atoms with Crippen LogP contribution in [0.5, 0.6) is 0 Å². The predicted molar refractivity (Wildman–Crippen MR) is 114 cm³/mol. The fraction of sp³-hybridized carbons (Fsp3) is 0.273. The minimum Gasteiger partial charge on any atom is -0.353 e. The fourth-order valence-electron chi connectivity index (χ4n) is 4.03. The van der Waals surface area contributed by atoms with Crippen LogP contribution >= 0.6 is 0 Å². The van der Waals surface area contributed by atoms with Crippen LogP contribution < -0.4 is 4.90 Å². The van der Waals surface area contributed by atoms with E-state index in [0.29, 0.717) is 43.1 Å². The second-order valence-corrected chi connectivity index (χ2v) is 7.71. The number of anilines is 1. The molecule has 2 aliphatic rings. The lowest BCUT2D eigenvalue weighted by molar-refractivity contribution is -0.131. The molecule has 0 atom stereocenters. The van der Waals surface area contributed by atoms with Crippen molar-refractivity contribution in [2.24, 2.45) is 0 Å². The highest BCUT2D eigenvalue weighted by Crippen LogP contribution is 2.23. The molecule has 0 spiro atoms. The van der Waals surface area contributed by atoms with E-state index in [2.05, 4.69) is 19.9 Å². The van der Waals surface area contributed by atoms with Crippen molar-refractivity contribution in [1.82, 2.24) is 29.3 Å². The van der Waals surface area contributed by atoms with Crippen molar-refractivity contribution in [3.05, 3.63) is 66.0 Å². The zero-order valence-corrected chi connectivity index (χ0v) is 17.5. The molecule has 3 aromatic rings. The lowest BCUT2D eigenvalue weighted by Crippen LogP contribution is -2.52. The van der Waals surface area contributed by atoms with Crippen LogP contribution in [0.4, 0.5) is 5.82 Å². The van der Waals surface area contributed by atoms with E-state index in [1.165, 1.54) is 0 Å². The Hall–Kier alpha value is -4.08. The summed E-state index contributed by atoms with van der Waals surface area (Å²) in [7, 11) is 0. The zero-order chi connectivity index (χ0) is 22.2. The Labute approximate surface area is 184 Å². The fourth-order valence-corrected chi connectivity index (χ4v) is 4.03. The maximum absolute atomic E-state index is 12.8. The minimum atomic E-state index is -0.416. The Morgan fingerprint density at radius 1 is 0.969 bits per heavy atom. The van der Waals surface area contributed by atoms with Gasteiger partial charge in [-0.15, -0.1) is 0 Å². The highest BCUT2D eigenvalue weighted by atomic mass is 16.2. The number of carbonyl (C=O) groups is 3. The summed E-state index contributed by atoms with van der Waals surface area (Å²) in [5.74, 6) is 1.09. The molecule has 2 aliphatic heterocycles. The molecular formula is C22H21N7O3. The lowest BCUT2D eigenvalue weighted by atomic mass is 10.1. The van der Waals surface area contributed by atoms with Crippen molar-refractivity contribution in [2.45, 2.75) is 6.92 Å². The maximum atomic E-state index is 12.8. The topological polar surface area (TPSA) is 105 Å². The van der Waals surface area contributed by atoms with E-state index < -0.39 is 11.8 Å². The molecule has 1 fully saturated rings. The first-order chi connectivity index (χ1) is 15.5. The Morgan fingerprint density at radius 2 is 1.62 bits per heavy atom. The summed E-state index contributed by atoms with van der Waals surface area (Å²) in [6.45, 7) is 3.73. The average Bonchev–Trinajstić information content (AvgIpc) is 3.43. The first-order valence-electron chi connectivity index (χ1n) is 10.3. The van der Waals surface area contributed by atoms with Gasteiger partial charge in [-0.05, 0) is 19.1 Å². The third-order valence-electron chi connectivity index (χ3n) is 5.71. The van der Waals surface area contributed by atoms with Crippen LogP contribution in [-0.4, -0.2) is 79.8 Å². The molecule has 5 rings (SSSR count). The van der Waals surface area contributed by atoms with Gasteiger partial charge in [0.15, 0.2) is 0 Å². The number of benzene rings is 1. The van der Waals surface area contributed by atoms with E-state index in [1.807, 2.05) is 23.8 Å². The van der Waals surface area contributed by atoms with Crippen molar-refractivity contribution in [2.75, 3.05) is 37.6 Å². The van der Waals surface area contributed by atoms with E-state index in [4.69, 9.17) is 0 Å². The van der Waals surface area contributed by atoms with Gasteiger partial charge in [0.1, 0.15) is 30.3 Å². The number of hydrogen-bond acceptors (Lipinski definition) is 7. The number of fused-ring (bicyclic) bond motifs is 1. The summed E-state index contributed by atoms with van der Waals surface area (Å²) in [4.78, 5) is 55.8. The number of rotatable bonds is 4. The lowest BCUT2D eigenvalue weighted by Gasteiger charge is -2.36. The number of aromatic nitrogens is 4. The van der Waals surface area contributed by atoms with E-state index in [1.54, 1.807) is 41.7 Å². The van der Waals surface area contributed by atoms with Crippen LogP contribution in [0.1, 0.15) is 26.5 Å². The second-order valence-electron chi connectivity index (χ2n) is 7.71. The van der Waals surface area contributed by atoms with Crippen LogP contribution in [-0.2, 0) is 4.79 Å². The molecule has 32 heavy (non-hydrogen) atoms. The Morgan fingerprint density at radius 3 is 2.25 bits per heavy atom. The second kappa shape index (κ2) is 7.88. The van der Waals surface area contributed by atoms with Gasteiger partial charge in [0.25, 0.3) is 11.8 Å². The van der Waals surface area contributed by atoms with Crippen molar-refractivity contribution in [3.8, 4) is 5.82 Å². The molecule has 1 saturated heterocycles. The Bertz CT molecular complexity index is 1160. The number of nitrogens with zero attached hydrogens (tertiary/aromatic N) is 7. The summed E-state index contributed by atoms with van der Waals surface area (Å²) in [5.41, 5.74) is 0.700.